The van der Waals surface area contributed by atoms with Crippen LogP contribution >= 0.6 is 0 Å². The highest BCUT2D eigenvalue weighted by Gasteiger charge is 2.10. The molecule has 124 valence electrons. The Morgan fingerprint density at radius 3 is 2.43 bits per heavy atom. The molecule has 0 saturated carbocycles. The van der Waals surface area contributed by atoms with Crippen LogP contribution in [-0.2, 0) is 23.0 Å². The van der Waals surface area contributed by atoms with Crippen LogP contribution < -0.4 is 9.46 Å². The molecule has 0 bridgehead atoms. The molecule has 0 radical (unpaired) electrons. The molecule has 0 aliphatic heterocycles. The van der Waals surface area contributed by atoms with Crippen LogP contribution in [0.25, 0.3) is 0 Å². The Morgan fingerprint density at radius 1 is 1.04 bits per heavy atom. The van der Waals surface area contributed by atoms with Crippen LogP contribution in [0.4, 0.5) is 0 Å². The third-order valence-electron chi connectivity index (χ3n) is 3.68. The SMILES string of the molecule is COc1ccc(CNS(=O)(=O)CCCc2ccccc2)cc1C. The van der Waals surface area contributed by atoms with Crippen molar-refractivity contribution in [3.63, 3.8) is 0 Å². The van der Waals surface area contributed by atoms with Crippen LogP contribution in [0, 0.1) is 6.92 Å². The molecule has 0 aromatic heterocycles. The summed E-state index contributed by atoms with van der Waals surface area (Å²) >= 11 is 0. The Hall–Kier alpha value is -1.85. The standard InChI is InChI=1S/C18H23NO3S/c1-15-13-17(10-11-18(15)22-2)14-19-23(20,21)12-6-9-16-7-4-3-5-8-16/h3-5,7-8,10-11,13,19H,6,9,12,14H2,1-2H3. The number of nitrogens with one attached hydrogen (secondary N) is 1. The Kier molecular flexibility index (Phi) is 6.19. The highest BCUT2D eigenvalue weighted by atomic mass is 32.2. The molecule has 0 fully saturated rings. The second-order valence-corrected chi connectivity index (χ2v) is 7.46. The first kappa shape index (κ1) is 17.5. The number of ether oxygens (including phenoxy) is 1. The molecular weight excluding hydrogens is 310 g/mol. The van der Waals surface area contributed by atoms with E-state index >= 15 is 0 Å². The molecule has 2 rings (SSSR count). The zero-order valence-corrected chi connectivity index (χ0v) is 14.4. The lowest BCUT2D eigenvalue weighted by Crippen LogP contribution is -2.26. The van der Waals surface area contributed by atoms with Crippen LogP contribution in [0.15, 0.2) is 48.5 Å². The highest BCUT2D eigenvalue weighted by Crippen LogP contribution is 2.18. The fraction of sp³-hybridized carbons (Fsp3) is 0.333. The van der Waals surface area contributed by atoms with Crippen molar-refractivity contribution in [2.75, 3.05) is 12.9 Å². The molecule has 0 heterocycles. The molecule has 0 saturated heterocycles. The maximum absolute atomic E-state index is 12.1. The van der Waals surface area contributed by atoms with E-state index in [1.165, 1.54) is 0 Å². The lowest BCUT2D eigenvalue weighted by molar-refractivity contribution is 0.411. The van der Waals surface area contributed by atoms with E-state index in [9.17, 15) is 8.42 Å². The molecule has 0 unspecified atom stereocenters. The lowest BCUT2D eigenvalue weighted by atomic mass is 10.1. The van der Waals surface area contributed by atoms with Gasteiger partial charge in [0.05, 0.1) is 12.9 Å². The third-order valence-corrected chi connectivity index (χ3v) is 5.09. The molecule has 4 nitrogen and oxygen atoms in total. The number of benzene rings is 2. The van der Waals surface area contributed by atoms with Crippen molar-refractivity contribution in [1.29, 1.82) is 0 Å². The van der Waals surface area contributed by atoms with Crippen LogP contribution in [0.3, 0.4) is 0 Å². The molecule has 5 heteroatoms. The van der Waals surface area contributed by atoms with Gasteiger partial charge in [0, 0.05) is 6.54 Å². The molecule has 23 heavy (non-hydrogen) atoms. The van der Waals surface area contributed by atoms with Gasteiger partial charge in [0.15, 0.2) is 0 Å². The van der Waals surface area contributed by atoms with Gasteiger partial charge in [-0.2, -0.15) is 0 Å². The van der Waals surface area contributed by atoms with Crippen molar-refractivity contribution in [2.24, 2.45) is 0 Å². The zero-order valence-electron chi connectivity index (χ0n) is 13.6. The largest absolute Gasteiger partial charge is 0.496 e. The molecule has 1 N–H and O–H groups in total. The van der Waals surface area contributed by atoms with Crippen molar-refractivity contribution in [3.05, 3.63) is 65.2 Å². The van der Waals surface area contributed by atoms with Crippen molar-refractivity contribution >= 4 is 10.0 Å². The Labute approximate surface area is 138 Å². The van der Waals surface area contributed by atoms with E-state index in [0.717, 1.165) is 28.9 Å². The van der Waals surface area contributed by atoms with Crippen molar-refractivity contribution in [1.82, 2.24) is 4.72 Å². The van der Waals surface area contributed by atoms with Gasteiger partial charge in [0.25, 0.3) is 0 Å². The topological polar surface area (TPSA) is 55.4 Å². The monoisotopic (exact) mass is 333 g/mol. The fourth-order valence-corrected chi connectivity index (χ4v) is 3.48. The minimum Gasteiger partial charge on any atom is -0.496 e. The van der Waals surface area contributed by atoms with E-state index in [2.05, 4.69) is 4.72 Å². The summed E-state index contributed by atoms with van der Waals surface area (Å²) < 4.78 is 32.0. The molecule has 2 aromatic carbocycles. The summed E-state index contributed by atoms with van der Waals surface area (Å²) in [6, 6.07) is 15.6. The number of hydrogen-bond donors (Lipinski definition) is 1. The summed E-state index contributed by atoms with van der Waals surface area (Å²) in [5, 5.41) is 0. The van der Waals surface area contributed by atoms with E-state index < -0.39 is 10.0 Å². The number of methoxy groups -OCH3 is 1. The van der Waals surface area contributed by atoms with Gasteiger partial charge < -0.3 is 4.74 Å². The van der Waals surface area contributed by atoms with Crippen LogP contribution in [0.2, 0.25) is 0 Å². The van der Waals surface area contributed by atoms with Gasteiger partial charge in [-0.25, -0.2) is 13.1 Å². The van der Waals surface area contributed by atoms with E-state index in [-0.39, 0.29) is 5.75 Å². The summed E-state index contributed by atoms with van der Waals surface area (Å²) in [5.41, 5.74) is 3.08. The smallest absolute Gasteiger partial charge is 0.211 e. The van der Waals surface area contributed by atoms with Crippen molar-refractivity contribution in [2.45, 2.75) is 26.3 Å². The lowest BCUT2D eigenvalue weighted by Gasteiger charge is -2.09. The van der Waals surface area contributed by atoms with Crippen LogP contribution in [0.1, 0.15) is 23.1 Å². The average molecular weight is 333 g/mol. The molecular formula is C18H23NO3S. The second kappa shape index (κ2) is 8.13. The number of sulfonamides is 1. The number of aryl methyl sites for hydroxylation is 2. The maximum Gasteiger partial charge on any atom is 0.211 e. The Bertz CT molecular complexity index is 727. The minimum atomic E-state index is -3.26. The molecule has 0 atom stereocenters. The Balaban J connectivity index is 1.83. The number of rotatable bonds is 8. The van der Waals surface area contributed by atoms with Gasteiger partial charge >= 0.3 is 0 Å². The van der Waals surface area contributed by atoms with Gasteiger partial charge in [-0.05, 0) is 42.5 Å². The summed E-state index contributed by atoms with van der Waals surface area (Å²) in [4.78, 5) is 0. The molecule has 0 amide bonds. The van der Waals surface area contributed by atoms with Crippen molar-refractivity contribution < 1.29 is 13.2 Å². The van der Waals surface area contributed by atoms with Gasteiger partial charge in [0.1, 0.15) is 5.75 Å². The van der Waals surface area contributed by atoms with Gasteiger partial charge in [-0.1, -0.05) is 42.5 Å². The van der Waals surface area contributed by atoms with Crippen molar-refractivity contribution in [3.8, 4) is 5.75 Å². The average Bonchev–Trinajstić information content (AvgIpc) is 2.54. The first-order valence-electron chi connectivity index (χ1n) is 7.65. The molecule has 0 aliphatic carbocycles. The maximum atomic E-state index is 12.1. The second-order valence-electron chi connectivity index (χ2n) is 5.53. The molecule has 2 aromatic rings. The normalized spacial score (nSPS) is 11.4. The van der Waals surface area contributed by atoms with Gasteiger partial charge in [-0.15, -0.1) is 0 Å². The van der Waals surface area contributed by atoms with E-state index in [4.69, 9.17) is 4.74 Å². The van der Waals surface area contributed by atoms with E-state index in [0.29, 0.717) is 13.0 Å². The third kappa shape index (κ3) is 5.69. The summed E-state index contributed by atoms with van der Waals surface area (Å²) in [6.07, 6.45) is 1.38. The van der Waals surface area contributed by atoms with E-state index in [1.807, 2.05) is 55.5 Å². The fourth-order valence-electron chi connectivity index (χ4n) is 2.43. The van der Waals surface area contributed by atoms with Crippen LogP contribution in [-0.4, -0.2) is 21.3 Å². The molecule has 0 aliphatic rings. The quantitative estimate of drug-likeness (QED) is 0.808. The van der Waals surface area contributed by atoms with Gasteiger partial charge in [0.2, 0.25) is 10.0 Å². The summed E-state index contributed by atoms with van der Waals surface area (Å²) in [6.45, 7) is 2.25. The van der Waals surface area contributed by atoms with E-state index in [1.54, 1.807) is 7.11 Å². The summed E-state index contributed by atoms with van der Waals surface area (Å²) in [5.74, 6) is 0.941. The minimum absolute atomic E-state index is 0.136. The molecule has 0 spiro atoms. The van der Waals surface area contributed by atoms with Gasteiger partial charge in [-0.3, -0.25) is 0 Å². The predicted molar refractivity (Wildman–Crippen MR) is 93.1 cm³/mol. The number of hydrogen-bond acceptors (Lipinski definition) is 3. The first-order valence-corrected chi connectivity index (χ1v) is 9.30. The van der Waals surface area contributed by atoms with Crippen LogP contribution in [0.5, 0.6) is 5.75 Å². The summed E-state index contributed by atoms with van der Waals surface area (Å²) in [7, 11) is -1.64. The Morgan fingerprint density at radius 2 is 1.78 bits per heavy atom. The predicted octanol–water partition coefficient (Wildman–Crippen LogP) is 3.06. The zero-order chi connectivity index (χ0) is 16.7. The highest BCUT2D eigenvalue weighted by molar-refractivity contribution is 7.89. The first-order chi connectivity index (χ1) is 11.0.